The summed E-state index contributed by atoms with van der Waals surface area (Å²) in [6.45, 7) is 2.34. The summed E-state index contributed by atoms with van der Waals surface area (Å²) < 4.78 is 31.7. The number of aliphatic carboxylic acids is 1. The van der Waals surface area contributed by atoms with Crippen molar-refractivity contribution in [2.75, 3.05) is 26.2 Å². The minimum Gasteiger partial charge on any atom is -0.475 e. The number of hydrogen-bond acceptors (Lipinski definition) is 5. The van der Waals surface area contributed by atoms with E-state index >= 15 is 0 Å². The van der Waals surface area contributed by atoms with E-state index in [1.54, 1.807) is 9.80 Å². The molecule has 0 aromatic heterocycles. The van der Waals surface area contributed by atoms with Crippen molar-refractivity contribution in [2.45, 2.75) is 37.6 Å². The van der Waals surface area contributed by atoms with E-state index in [1.165, 1.54) is 0 Å². The largest absolute Gasteiger partial charge is 0.490 e. The molecule has 2 heterocycles. The maximum atomic E-state index is 11.7. The molecule has 0 aliphatic carbocycles. The van der Waals surface area contributed by atoms with E-state index in [-0.39, 0.29) is 18.4 Å². The fourth-order valence-electron chi connectivity index (χ4n) is 2.16. The second-order valence-electron chi connectivity index (χ2n) is 5.53. The van der Waals surface area contributed by atoms with Gasteiger partial charge >= 0.3 is 12.1 Å². The van der Waals surface area contributed by atoms with Crippen molar-refractivity contribution < 1.29 is 37.8 Å². The van der Waals surface area contributed by atoms with Crippen LogP contribution in [0.15, 0.2) is 0 Å². The Labute approximate surface area is 136 Å². The van der Waals surface area contributed by atoms with Gasteiger partial charge in [0, 0.05) is 32.6 Å². The Morgan fingerprint density at radius 2 is 1.75 bits per heavy atom. The SMILES string of the molecule is NC(CN1CCCC1=O)C(O)C(=O)N1CCC1.O=C(O)C(F)(F)F. The van der Waals surface area contributed by atoms with Crippen LogP contribution in [0.4, 0.5) is 13.2 Å². The summed E-state index contributed by atoms with van der Waals surface area (Å²) in [4.78, 5) is 35.2. The molecule has 2 aliphatic rings. The molecule has 2 aliphatic heterocycles. The van der Waals surface area contributed by atoms with Crippen LogP contribution in [0.2, 0.25) is 0 Å². The third-order valence-electron chi connectivity index (χ3n) is 3.67. The van der Waals surface area contributed by atoms with Crippen molar-refractivity contribution >= 4 is 17.8 Å². The van der Waals surface area contributed by atoms with Gasteiger partial charge in [0.05, 0.1) is 6.04 Å². The number of carboxylic acid groups (broad SMARTS) is 1. The first-order valence-corrected chi connectivity index (χ1v) is 7.34. The Balaban J connectivity index is 0.000000351. The van der Waals surface area contributed by atoms with Gasteiger partial charge in [-0.3, -0.25) is 9.59 Å². The quantitative estimate of drug-likeness (QED) is 0.604. The molecule has 0 radical (unpaired) electrons. The predicted octanol–water partition coefficient (Wildman–Crippen LogP) is -0.837. The van der Waals surface area contributed by atoms with Crippen molar-refractivity contribution in [1.29, 1.82) is 0 Å². The summed E-state index contributed by atoms with van der Waals surface area (Å²) in [7, 11) is 0. The molecule has 2 atom stereocenters. The molecule has 8 nitrogen and oxygen atoms in total. The van der Waals surface area contributed by atoms with Crippen LogP contribution >= 0.6 is 0 Å². The van der Waals surface area contributed by atoms with E-state index in [2.05, 4.69) is 0 Å². The molecule has 0 spiro atoms. The van der Waals surface area contributed by atoms with Crippen LogP contribution in [0, 0.1) is 0 Å². The van der Waals surface area contributed by atoms with Gasteiger partial charge in [0.15, 0.2) is 0 Å². The molecule has 2 amide bonds. The Bertz CT molecular complexity index is 482. The van der Waals surface area contributed by atoms with Gasteiger partial charge in [-0.25, -0.2) is 4.79 Å². The molecule has 2 saturated heterocycles. The third-order valence-corrected chi connectivity index (χ3v) is 3.67. The highest BCUT2D eigenvalue weighted by molar-refractivity contribution is 5.82. The fourth-order valence-corrected chi connectivity index (χ4v) is 2.16. The van der Waals surface area contributed by atoms with Gasteiger partial charge in [-0.1, -0.05) is 0 Å². The molecule has 138 valence electrons. The molecule has 2 rings (SSSR count). The zero-order valence-corrected chi connectivity index (χ0v) is 12.8. The molecule has 0 bridgehead atoms. The number of hydrogen-bond donors (Lipinski definition) is 3. The predicted molar refractivity (Wildman–Crippen MR) is 74.7 cm³/mol. The molecule has 0 aromatic carbocycles. The van der Waals surface area contributed by atoms with Crippen molar-refractivity contribution in [3.05, 3.63) is 0 Å². The van der Waals surface area contributed by atoms with Crippen molar-refractivity contribution in [2.24, 2.45) is 5.73 Å². The highest BCUT2D eigenvalue weighted by atomic mass is 19.4. The normalized spacial score (nSPS) is 20.0. The lowest BCUT2D eigenvalue weighted by molar-refractivity contribution is -0.192. The summed E-state index contributed by atoms with van der Waals surface area (Å²) >= 11 is 0. The van der Waals surface area contributed by atoms with Gasteiger partial charge in [-0.15, -0.1) is 0 Å². The van der Waals surface area contributed by atoms with Gasteiger partial charge in [0.25, 0.3) is 5.91 Å². The number of carboxylic acids is 1. The molecule has 0 saturated carbocycles. The number of alkyl halides is 3. The second-order valence-corrected chi connectivity index (χ2v) is 5.53. The van der Waals surface area contributed by atoms with Crippen LogP contribution in [0.1, 0.15) is 19.3 Å². The van der Waals surface area contributed by atoms with Crippen molar-refractivity contribution in [3.63, 3.8) is 0 Å². The maximum absolute atomic E-state index is 11.7. The van der Waals surface area contributed by atoms with E-state index < -0.39 is 24.3 Å². The number of carbonyl (C=O) groups excluding carboxylic acids is 2. The Hall–Kier alpha value is -1.88. The maximum Gasteiger partial charge on any atom is 0.490 e. The average Bonchev–Trinajstić information content (AvgIpc) is 2.81. The summed E-state index contributed by atoms with van der Waals surface area (Å²) in [6.07, 6.45) is -3.91. The van der Waals surface area contributed by atoms with E-state index in [0.717, 1.165) is 12.8 Å². The average molecular weight is 355 g/mol. The zero-order chi connectivity index (χ0) is 18.5. The van der Waals surface area contributed by atoms with E-state index in [0.29, 0.717) is 26.1 Å². The summed E-state index contributed by atoms with van der Waals surface area (Å²) in [5, 5.41) is 16.9. The highest BCUT2D eigenvalue weighted by Gasteiger charge is 2.38. The summed E-state index contributed by atoms with van der Waals surface area (Å²) in [5.74, 6) is -3.01. The monoisotopic (exact) mass is 355 g/mol. The Morgan fingerprint density at radius 3 is 2.08 bits per heavy atom. The number of aliphatic hydroxyl groups is 1. The van der Waals surface area contributed by atoms with Gasteiger partial charge in [0.1, 0.15) is 6.10 Å². The molecular formula is C13H20F3N3O5. The molecule has 2 fully saturated rings. The standard InChI is InChI=1S/C11H19N3O3.C2HF3O2/c12-8(7-14-4-1-3-9(14)15)10(16)11(17)13-5-2-6-13;3-2(4,5)1(6)7/h8,10,16H,1-7,12H2;(H,6,7). The number of nitrogens with two attached hydrogens (primary N) is 1. The lowest BCUT2D eigenvalue weighted by atomic mass is 10.1. The van der Waals surface area contributed by atoms with E-state index in [4.69, 9.17) is 15.6 Å². The van der Waals surface area contributed by atoms with Gasteiger partial charge < -0.3 is 25.7 Å². The fraction of sp³-hybridized carbons (Fsp3) is 0.769. The van der Waals surface area contributed by atoms with Gasteiger partial charge in [0.2, 0.25) is 5.91 Å². The number of halogens is 3. The number of aliphatic hydroxyl groups excluding tert-OH is 1. The van der Waals surface area contributed by atoms with Crippen LogP contribution < -0.4 is 5.73 Å². The highest BCUT2D eigenvalue weighted by Crippen LogP contribution is 2.14. The molecule has 2 unspecified atom stereocenters. The zero-order valence-electron chi connectivity index (χ0n) is 12.8. The van der Waals surface area contributed by atoms with Crippen molar-refractivity contribution in [1.82, 2.24) is 9.80 Å². The van der Waals surface area contributed by atoms with Crippen LogP contribution in [0.3, 0.4) is 0 Å². The minimum atomic E-state index is -5.08. The number of likely N-dealkylation sites (tertiary alicyclic amines) is 2. The summed E-state index contributed by atoms with van der Waals surface area (Å²) in [5.41, 5.74) is 5.79. The molecule has 11 heteroatoms. The van der Waals surface area contributed by atoms with Gasteiger partial charge in [-0.05, 0) is 12.8 Å². The Morgan fingerprint density at radius 1 is 1.21 bits per heavy atom. The third kappa shape index (κ3) is 5.64. The number of amides is 2. The molecule has 24 heavy (non-hydrogen) atoms. The number of rotatable bonds is 4. The summed E-state index contributed by atoms with van der Waals surface area (Å²) in [6, 6.07) is -0.690. The first-order valence-electron chi connectivity index (χ1n) is 7.34. The van der Waals surface area contributed by atoms with Crippen LogP contribution in [0.5, 0.6) is 0 Å². The van der Waals surface area contributed by atoms with Crippen LogP contribution in [0.25, 0.3) is 0 Å². The van der Waals surface area contributed by atoms with Crippen LogP contribution in [-0.2, 0) is 14.4 Å². The number of carbonyl (C=O) groups is 3. The number of nitrogens with zero attached hydrogens (tertiary/aromatic N) is 2. The lowest BCUT2D eigenvalue weighted by Gasteiger charge is -2.34. The smallest absolute Gasteiger partial charge is 0.475 e. The van der Waals surface area contributed by atoms with Crippen molar-refractivity contribution in [3.8, 4) is 0 Å². The first kappa shape index (κ1) is 20.2. The topological polar surface area (TPSA) is 124 Å². The molecule has 4 N–H and O–H groups in total. The second kappa shape index (κ2) is 8.29. The van der Waals surface area contributed by atoms with Gasteiger partial charge in [-0.2, -0.15) is 13.2 Å². The Kier molecular flexibility index (Phi) is 6.96. The molecular weight excluding hydrogens is 335 g/mol. The van der Waals surface area contributed by atoms with Crippen LogP contribution in [-0.4, -0.2) is 82.3 Å². The molecule has 0 aromatic rings. The first-order chi connectivity index (χ1) is 11.0. The van der Waals surface area contributed by atoms with E-state index in [9.17, 15) is 27.9 Å². The van der Waals surface area contributed by atoms with E-state index in [1.807, 2.05) is 0 Å². The lowest BCUT2D eigenvalue weighted by Crippen LogP contribution is -2.55. The minimum absolute atomic E-state index is 0.0593.